The molecule has 0 radical (unpaired) electrons. The largest absolute Gasteiger partial charge is 2.00 e. The second-order valence-corrected chi connectivity index (χ2v) is 1.67. The van der Waals surface area contributed by atoms with E-state index in [9.17, 15) is 0 Å². The molecule has 0 aromatic heterocycles. The van der Waals surface area contributed by atoms with E-state index in [4.69, 9.17) is 39.8 Å². The van der Waals surface area contributed by atoms with Crippen molar-refractivity contribution in [1.29, 1.82) is 0 Å². The van der Waals surface area contributed by atoms with Crippen LogP contribution in [0.4, 0.5) is 0 Å². The van der Waals surface area contributed by atoms with Crippen LogP contribution in [0, 0.1) is 0 Å². The molecule has 13 heteroatoms. The molecule has 0 bridgehead atoms. The zero-order chi connectivity index (χ0) is 14.1. The van der Waals surface area contributed by atoms with Crippen LogP contribution in [0.15, 0.2) is 0 Å². The van der Waals surface area contributed by atoms with Gasteiger partial charge in [0.25, 0.3) is 6.47 Å². The van der Waals surface area contributed by atoms with Gasteiger partial charge in [0.2, 0.25) is 0 Å². The van der Waals surface area contributed by atoms with Gasteiger partial charge in [-0.05, 0) is 20.8 Å². The first-order chi connectivity index (χ1) is 7.11. The summed E-state index contributed by atoms with van der Waals surface area (Å²) in [6, 6.07) is 0. The number of carboxylic acids is 3. The standard InChI is InChI=1S/3C2H4O2.CH2O3.3CH4.Mg.3Na.H/c3*1-2(3)4;2-1-4-3;;;;;;;;/h3*1H3,(H,3,4);1,3H;3*1H4;;;;;/q;;;;;;;+2;3*+1;-1/p-4. The van der Waals surface area contributed by atoms with E-state index in [-0.39, 0.29) is 142 Å². The molecule has 0 unspecified atom stereocenters. The van der Waals surface area contributed by atoms with Crippen LogP contribution < -0.4 is 109 Å². The SMILES string of the molecule is C.C.C.CC(=O)[O-].CC(=O)[O-].CC(=O)[O-].O=CO[O-].[H-].[Mg+2].[Na+].[Na+].[Na+]. The minimum absolute atomic E-state index is 0. The summed E-state index contributed by atoms with van der Waals surface area (Å²) in [6.07, 6.45) is 0. The Labute approximate surface area is 222 Å². The molecule has 9 nitrogen and oxygen atoms in total. The molecule has 0 aromatic carbocycles. The normalized spacial score (nSPS) is 4.17. The van der Waals surface area contributed by atoms with Crippen molar-refractivity contribution in [1.82, 2.24) is 0 Å². The molecule has 0 aliphatic carbocycles. The molecule has 0 rings (SSSR count). The molecule has 0 amide bonds. The summed E-state index contributed by atoms with van der Waals surface area (Å²) in [5.74, 6) is -3.25. The van der Waals surface area contributed by atoms with Gasteiger partial charge in [-0.3, -0.25) is 4.79 Å². The Morgan fingerprint density at radius 2 is 0.826 bits per heavy atom. The van der Waals surface area contributed by atoms with Crippen molar-refractivity contribution in [2.75, 3.05) is 0 Å². The second kappa shape index (κ2) is 75.9. The summed E-state index contributed by atoms with van der Waals surface area (Å²) in [4.78, 5) is 37.9. The number of carbonyl (C=O) groups excluding carboxylic acids is 4. The maximum absolute atomic E-state index is 8.89. The fourth-order valence-corrected chi connectivity index (χ4v) is 0. The molecule has 0 atom stereocenters. The second-order valence-electron chi connectivity index (χ2n) is 1.67. The van der Waals surface area contributed by atoms with E-state index in [1.165, 1.54) is 0 Å². The molecule has 0 N–H and O–H groups in total. The predicted molar refractivity (Wildman–Crippen MR) is 66.3 cm³/mol. The van der Waals surface area contributed by atoms with Crippen LogP contribution in [0.3, 0.4) is 0 Å². The van der Waals surface area contributed by atoms with E-state index < -0.39 is 17.9 Å². The Kier molecular flexibility index (Phi) is 244. The van der Waals surface area contributed by atoms with E-state index in [1.807, 2.05) is 0 Å². The van der Waals surface area contributed by atoms with Crippen LogP contribution in [-0.2, 0) is 24.1 Å². The maximum Gasteiger partial charge on any atom is 2.00 e. The van der Waals surface area contributed by atoms with Gasteiger partial charge >= 0.3 is 112 Å². The summed E-state index contributed by atoms with van der Waals surface area (Å²) in [7, 11) is 0. The number of aliphatic carboxylic acids is 3. The molecule has 0 aliphatic rings. The zero-order valence-electron chi connectivity index (χ0n) is 13.5. The summed E-state index contributed by atoms with van der Waals surface area (Å²) < 4.78 is 0. The van der Waals surface area contributed by atoms with Crippen molar-refractivity contribution >= 4 is 47.4 Å². The number of carbonyl (C=O) groups is 4. The number of hydrogen-bond donors (Lipinski definition) is 0. The van der Waals surface area contributed by atoms with Gasteiger partial charge in [-0.2, -0.15) is 0 Å². The van der Waals surface area contributed by atoms with E-state index in [0.717, 1.165) is 20.8 Å². The summed E-state index contributed by atoms with van der Waals surface area (Å²) >= 11 is 0. The fourth-order valence-electron chi connectivity index (χ4n) is 0. The van der Waals surface area contributed by atoms with Crippen LogP contribution >= 0.6 is 0 Å². The van der Waals surface area contributed by atoms with Crippen molar-refractivity contribution < 1.29 is 135 Å². The number of carboxylic acid groups (broad SMARTS) is 3. The smallest absolute Gasteiger partial charge is 1.00 e. The zero-order valence-corrected chi connectivity index (χ0v) is 19.9. The molecule has 0 aromatic rings. The van der Waals surface area contributed by atoms with Crippen LogP contribution in [0.2, 0.25) is 0 Å². The quantitative estimate of drug-likeness (QED) is 0.185. The fraction of sp³-hybridized carbons (Fsp3) is 0.600. The van der Waals surface area contributed by atoms with Crippen molar-refractivity contribution in [3.8, 4) is 0 Å². The Morgan fingerprint density at radius 1 is 0.783 bits per heavy atom. The van der Waals surface area contributed by atoms with Gasteiger partial charge in [-0.15, -0.1) is 0 Å². The Morgan fingerprint density at radius 3 is 0.826 bits per heavy atom. The van der Waals surface area contributed by atoms with E-state index in [1.54, 1.807) is 0 Å². The minimum Gasteiger partial charge on any atom is -1.00 e. The first kappa shape index (κ1) is 74.1. The van der Waals surface area contributed by atoms with Gasteiger partial charge in [0.1, 0.15) is 0 Å². The molecule has 0 aliphatic heterocycles. The molecule has 0 saturated heterocycles. The van der Waals surface area contributed by atoms with Crippen LogP contribution in [0.25, 0.3) is 0 Å². The third-order valence-electron chi connectivity index (χ3n) is 0.0393. The Hall–Kier alpha value is 1.61. The van der Waals surface area contributed by atoms with Crippen LogP contribution in [0.1, 0.15) is 44.5 Å². The molecule has 122 valence electrons. The van der Waals surface area contributed by atoms with E-state index >= 15 is 0 Å². The van der Waals surface area contributed by atoms with Gasteiger partial charge in [0.15, 0.2) is 0 Å². The molecule has 0 fully saturated rings. The molecular weight excluding hydrogens is 357 g/mol. The van der Waals surface area contributed by atoms with E-state index in [0.29, 0.717) is 0 Å². The minimum atomic E-state index is -1.08. The van der Waals surface area contributed by atoms with Crippen molar-refractivity contribution in [2.45, 2.75) is 43.1 Å². The topological polar surface area (TPSA) is 170 Å². The Bertz CT molecular complexity index is 185. The average Bonchev–Trinajstić information content (AvgIpc) is 2.00. The van der Waals surface area contributed by atoms with Gasteiger partial charge < -0.3 is 41.3 Å². The monoisotopic (exact) mass is 380 g/mol. The first-order valence-corrected chi connectivity index (χ1v) is 3.36. The van der Waals surface area contributed by atoms with Crippen molar-refractivity contribution in [2.24, 2.45) is 0 Å². The Balaban J connectivity index is -0.00000000720. The van der Waals surface area contributed by atoms with Crippen molar-refractivity contribution in [3.05, 3.63) is 0 Å². The third-order valence-corrected chi connectivity index (χ3v) is 0.0393. The number of hydrogen-bond acceptors (Lipinski definition) is 9. The molecule has 23 heavy (non-hydrogen) atoms. The molecule has 0 spiro atoms. The van der Waals surface area contributed by atoms with Crippen LogP contribution in [0.5, 0.6) is 0 Å². The summed E-state index contributed by atoms with van der Waals surface area (Å²) in [5, 5.41) is 35.1. The van der Waals surface area contributed by atoms with Crippen molar-refractivity contribution in [3.63, 3.8) is 0 Å². The van der Waals surface area contributed by atoms with Gasteiger partial charge in [0, 0.05) is 17.9 Å². The summed E-state index contributed by atoms with van der Waals surface area (Å²) in [6.45, 7) is 2.74. The third kappa shape index (κ3) is 1620. The average molecular weight is 381 g/mol. The van der Waals surface area contributed by atoms with Gasteiger partial charge in [-0.25, -0.2) is 0 Å². The molecule has 0 saturated carbocycles. The van der Waals surface area contributed by atoms with Gasteiger partial charge in [0.05, 0.1) is 0 Å². The number of rotatable bonds is 1. The van der Waals surface area contributed by atoms with Gasteiger partial charge in [-0.1, -0.05) is 22.3 Å². The predicted octanol–water partition coefficient (Wildman–Crippen LogP) is -12.6. The van der Waals surface area contributed by atoms with Crippen LogP contribution in [-0.4, -0.2) is 47.4 Å². The molecular formula is C10H23MgNa3O9. The maximum atomic E-state index is 8.89. The first-order valence-electron chi connectivity index (χ1n) is 3.36. The van der Waals surface area contributed by atoms with E-state index in [2.05, 4.69) is 4.89 Å². The summed E-state index contributed by atoms with van der Waals surface area (Å²) in [5.41, 5.74) is 0. The molecule has 0 heterocycles.